The third kappa shape index (κ3) is 2.29. The predicted octanol–water partition coefficient (Wildman–Crippen LogP) is 0.453. The summed E-state index contributed by atoms with van der Waals surface area (Å²) in [6.45, 7) is 5.06. The highest BCUT2D eigenvalue weighted by molar-refractivity contribution is 6.05. The van der Waals surface area contributed by atoms with Gasteiger partial charge in [0.1, 0.15) is 5.92 Å². The minimum absolute atomic E-state index is 0.00862. The molecule has 2 unspecified atom stereocenters. The van der Waals surface area contributed by atoms with Gasteiger partial charge in [0.15, 0.2) is 5.78 Å². The molecule has 1 aliphatic rings. The van der Waals surface area contributed by atoms with Gasteiger partial charge in [0, 0.05) is 13.0 Å². The van der Waals surface area contributed by atoms with Crippen molar-refractivity contribution in [1.82, 2.24) is 4.90 Å². The Hall–Kier alpha value is -1.65. The average molecular weight is 225 g/mol. The van der Waals surface area contributed by atoms with E-state index in [-0.39, 0.29) is 24.7 Å². The number of carbonyl (C=O) groups excluding carboxylic acids is 2. The topological polar surface area (TPSA) is 74.7 Å². The van der Waals surface area contributed by atoms with Crippen LogP contribution < -0.4 is 0 Å². The van der Waals surface area contributed by atoms with E-state index < -0.39 is 17.9 Å². The van der Waals surface area contributed by atoms with Gasteiger partial charge >= 0.3 is 5.97 Å². The van der Waals surface area contributed by atoms with Crippen molar-refractivity contribution >= 4 is 17.7 Å². The van der Waals surface area contributed by atoms with E-state index in [0.717, 1.165) is 0 Å². The van der Waals surface area contributed by atoms with Crippen LogP contribution in [-0.4, -0.2) is 40.3 Å². The number of carbonyl (C=O) groups is 3. The fourth-order valence-corrected chi connectivity index (χ4v) is 1.78. The number of carboxylic acids is 1. The SMILES string of the molecule is C=CCCC(=O)N1CC(C(=O)O)C(=O)C1C. The highest BCUT2D eigenvalue weighted by Gasteiger charge is 2.43. The van der Waals surface area contributed by atoms with Crippen molar-refractivity contribution in [3.05, 3.63) is 12.7 Å². The third-order valence-electron chi connectivity index (χ3n) is 2.78. The number of hydrogen-bond acceptors (Lipinski definition) is 3. The zero-order valence-electron chi connectivity index (χ0n) is 9.18. The fraction of sp³-hybridized carbons (Fsp3) is 0.545. The summed E-state index contributed by atoms with van der Waals surface area (Å²) in [4.78, 5) is 35.3. The van der Waals surface area contributed by atoms with Crippen LogP contribution in [0.4, 0.5) is 0 Å². The zero-order valence-corrected chi connectivity index (χ0v) is 9.18. The highest BCUT2D eigenvalue weighted by atomic mass is 16.4. The molecule has 1 saturated heterocycles. The van der Waals surface area contributed by atoms with Crippen LogP contribution in [0.5, 0.6) is 0 Å². The summed E-state index contributed by atoms with van der Waals surface area (Å²) >= 11 is 0. The van der Waals surface area contributed by atoms with Crippen molar-refractivity contribution < 1.29 is 19.5 Å². The van der Waals surface area contributed by atoms with Crippen molar-refractivity contribution in [2.75, 3.05) is 6.54 Å². The van der Waals surface area contributed by atoms with Crippen LogP contribution in [0.15, 0.2) is 12.7 Å². The molecule has 5 heteroatoms. The lowest BCUT2D eigenvalue weighted by Gasteiger charge is -2.19. The van der Waals surface area contributed by atoms with Crippen LogP contribution in [0.25, 0.3) is 0 Å². The molecular weight excluding hydrogens is 210 g/mol. The van der Waals surface area contributed by atoms with Crippen LogP contribution in [0.3, 0.4) is 0 Å². The molecule has 16 heavy (non-hydrogen) atoms. The summed E-state index contributed by atoms with van der Waals surface area (Å²) in [7, 11) is 0. The normalized spacial score (nSPS) is 24.6. The van der Waals surface area contributed by atoms with Crippen molar-refractivity contribution in [1.29, 1.82) is 0 Å². The Morgan fingerprint density at radius 1 is 1.62 bits per heavy atom. The first-order chi connectivity index (χ1) is 7.49. The van der Waals surface area contributed by atoms with E-state index in [0.29, 0.717) is 6.42 Å². The molecule has 0 aromatic carbocycles. The van der Waals surface area contributed by atoms with Crippen molar-refractivity contribution in [3.8, 4) is 0 Å². The summed E-state index contributed by atoms with van der Waals surface area (Å²) in [5.74, 6) is -2.80. The van der Waals surface area contributed by atoms with Crippen molar-refractivity contribution in [3.63, 3.8) is 0 Å². The molecule has 0 spiro atoms. The summed E-state index contributed by atoms with van der Waals surface area (Å²) in [5, 5.41) is 8.80. The number of rotatable bonds is 4. The standard InChI is InChI=1S/C11H15NO4/c1-3-4-5-9(13)12-6-8(11(15)16)10(14)7(12)2/h3,7-8H,1,4-6H2,2H3,(H,15,16). The molecule has 0 aliphatic carbocycles. The molecule has 0 aromatic rings. The molecule has 2 atom stereocenters. The third-order valence-corrected chi connectivity index (χ3v) is 2.78. The molecule has 1 amide bonds. The Morgan fingerprint density at radius 3 is 2.69 bits per heavy atom. The second-order valence-electron chi connectivity index (χ2n) is 3.84. The number of carboxylic acid groups (broad SMARTS) is 1. The molecule has 1 N–H and O–H groups in total. The van der Waals surface area contributed by atoms with Crippen LogP contribution in [0.2, 0.25) is 0 Å². The lowest BCUT2D eigenvalue weighted by atomic mass is 10.1. The highest BCUT2D eigenvalue weighted by Crippen LogP contribution is 2.20. The first kappa shape index (κ1) is 12.4. The quantitative estimate of drug-likeness (QED) is 0.557. The number of likely N-dealkylation sites (tertiary alicyclic amines) is 1. The number of allylic oxidation sites excluding steroid dienone is 1. The second-order valence-corrected chi connectivity index (χ2v) is 3.84. The Bertz CT molecular complexity index is 337. The average Bonchev–Trinajstić information content (AvgIpc) is 2.53. The van der Waals surface area contributed by atoms with Crippen LogP contribution in [0.1, 0.15) is 19.8 Å². The minimum atomic E-state index is -1.16. The first-order valence-electron chi connectivity index (χ1n) is 5.16. The summed E-state index contributed by atoms with van der Waals surface area (Å²) in [6, 6.07) is -0.626. The number of hydrogen-bond donors (Lipinski definition) is 1. The summed E-state index contributed by atoms with van der Waals surface area (Å²) < 4.78 is 0. The predicted molar refractivity (Wildman–Crippen MR) is 56.7 cm³/mol. The lowest BCUT2D eigenvalue weighted by molar-refractivity contribution is -0.144. The Kier molecular flexibility index (Phi) is 3.82. The number of nitrogens with zero attached hydrogens (tertiary/aromatic N) is 1. The maximum absolute atomic E-state index is 11.7. The van der Waals surface area contributed by atoms with Gasteiger partial charge in [-0.15, -0.1) is 6.58 Å². The van der Waals surface area contributed by atoms with E-state index in [2.05, 4.69) is 6.58 Å². The summed E-state index contributed by atoms with van der Waals surface area (Å²) in [6.07, 6.45) is 2.43. The largest absolute Gasteiger partial charge is 0.481 e. The van der Waals surface area contributed by atoms with E-state index in [4.69, 9.17) is 5.11 Å². The molecule has 0 radical (unpaired) electrons. The van der Waals surface area contributed by atoms with E-state index >= 15 is 0 Å². The van der Waals surface area contributed by atoms with Gasteiger partial charge < -0.3 is 10.0 Å². The molecule has 1 fully saturated rings. The van der Waals surface area contributed by atoms with Gasteiger partial charge in [0.2, 0.25) is 5.91 Å². The first-order valence-corrected chi connectivity index (χ1v) is 5.16. The van der Waals surface area contributed by atoms with E-state index in [1.807, 2.05) is 0 Å². The smallest absolute Gasteiger partial charge is 0.315 e. The lowest BCUT2D eigenvalue weighted by Crippen LogP contribution is -2.35. The molecule has 88 valence electrons. The van der Waals surface area contributed by atoms with Crippen LogP contribution in [0, 0.1) is 5.92 Å². The van der Waals surface area contributed by atoms with Crippen molar-refractivity contribution in [2.45, 2.75) is 25.8 Å². The molecular formula is C11H15NO4. The van der Waals surface area contributed by atoms with Gasteiger partial charge in [-0.2, -0.15) is 0 Å². The maximum Gasteiger partial charge on any atom is 0.315 e. The number of amides is 1. The van der Waals surface area contributed by atoms with Gasteiger partial charge in [0.25, 0.3) is 0 Å². The van der Waals surface area contributed by atoms with Crippen LogP contribution in [-0.2, 0) is 14.4 Å². The van der Waals surface area contributed by atoms with Gasteiger partial charge in [-0.05, 0) is 13.3 Å². The molecule has 1 aliphatic heterocycles. The number of aliphatic carboxylic acids is 1. The molecule has 1 rings (SSSR count). The molecule has 0 saturated carbocycles. The minimum Gasteiger partial charge on any atom is -0.481 e. The fourth-order valence-electron chi connectivity index (χ4n) is 1.78. The second kappa shape index (κ2) is 4.92. The van der Waals surface area contributed by atoms with E-state index in [1.54, 1.807) is 13.0 Å². The monoisotopic (exact) mass is 225 g/mol. The Labute approximate surface area is 93.7 Å². The van der Waals surface area contributed by atoms with Crippen LogP contribution >= 0.6 is 0 Å². The molecule has 0 bridgehead atoms. The van der Waals surface area contributed by atoms with Gasteiger partial charge in [0.05, 0.1) is 6.04 Å². The zero-order chi connectivity index (χ0) is 12.3. The number of ketones is 1. The summed E-state index contributed by atoms with van der Waals surface area (Å²) in [5.41, 5.74) is 0. The Balaban J connectivity index is 2.70. The molecule has 5 nitrogen and oxygen atoms in total. The van der Waals surface area contributed by atoms with Gasteiger partial charge in [-0.3, -0.25) is 14.4 Å². The van der Waals surface area contributed by atoms with E-state index in [9.17, 15) is 14.4 Å². The van der Waals surface area contributed by atoms with Crippen molar-refractivity contribution in [2.24, 2.45) is 5.92 Å². The van der Waals surface area contributed by atoms with Gasteiger partial charge in [-0.25, -0.2) is 0 Å². The van der Waals surface area contributed by atoms with Gasteiger partial charge in [-0.1, -0.05) is 6.08 Å². The number of Topliss-reactive ketones (excluding diaryl/α,β-unsaturated/α-hetero) is 1. The Morgan fingerprint density at radius 2 is 2.25 bits per heavy atom. The van der Waals surface area contributed by atoms with E-state index in [1.165, 1.54) is 4.90 Å². The maximum atomic E-state index is 11.7. The molecule has 1 heterocycles. The molecule has 0 aromatic heterocycles.